The van der Waals surface area contributed by atoms with Crippen molar-refractivity contribution < 1.29 is 0 Å². The van der Waals surface area contributed by atoms with Crippen molar-refractivity contribution in [1.29, 1.82) is 0 Å². The van der Waals surface area contributed by atoms with Gasteiger partial charge in [0.05, 0.1) is 0 Å². The van der Waals surface area contributed by atoms with Crippen LogP contribution in [0.15, 0.2) is 23.6 Å². The number of nitrogens with two attached hydrogens (primary N) is 1. The highest BCUT2D eigenvalue weighted by Gasteiger charge is 2.21. The Bertz CT molecular complexity index is 549. The maximum atomic E-state index is 5.83. The van der Waals surface area contributed by atoms with E-state index in [0.717, 1.165) is 31.0 Å². The van der Waals surface area contributed by atoms with Gasteiger partial charge >= 0.3 is 0 Å². The molecule has 0 saturated heterocycles. The standard InChI is InChI=1S/C15H22N4S/c1-4-6-13-18-12(16)9-14(19-13)17-10-15(2,3)11-7-5-8-20-11/h5,7-9H,4,6,10H2,1-3H3,(H3,16,17,18,19). The van der Waals surface area contributed by atoms with E-state index in [2.05, 4.69) is 53.6 Å². The predicted molar refractivity (Wildman–Crippen MR) is 86.3 cm³/mol. The summed E-state index contributed by atoms with van der Waals surface area (Å²) >= 11 is 1.78. The molecule has 0 amide bonds. The van der Waals surface area contributed by atoms with Crippen molar-refractivity contribution in [2.24, 2.45) is 0 Å². The van der Waals surface area contributed by atoms with Crippen molar-refractivity contribution in [2.45, 2.75) is 39.0 Å². The number of hydrogen-bond acceptors (Lipinski definition) is 5. The average Bonchev–Trinajstić information content (AvgIpc) is 2.91. The van der Waals surface area contributed by atoms with Gasteiger partial charge in [-0.3, -0.25) is 0 Å². The van der Waals surface area contributed by atoms with Gasteiger partial charge in [0.1, 0.15) is 17.5 Å². The highest BCUT2D eigenvalue weighted by Crippen LogP contribution is 2.27. The summed E-state index contributed by atoms with van der Waals surface area (Å²) in [6, 6.07) is 6.05. The molecule has 2 aromatic heterocycles. The predicted octanol–water partition coefficient (Wildman–Crippen LogP) is 3.46. The average molecular weight is 290 g/mol. The number of hydrogen-bond donors (Lipinski definition) is 2. The van der Waals surface area contributed by atoms with E-state index in [-0.39, 0.29) is 5.41 Å². The summed E-state index contributed by atoms with van der Waals surface area (Å²) in [5.41, 5.74) is 5.90. The van der Waals surface area contributed by atoms with Gasteiger partial charge in [-0.15, -0.1) is 11.3 Å². The maximum Gasteiger partial charge on any atom is 0.133 e. The molecule has 0 saturated carbocycles. The SMILES string of the molecule is CCCc1nc(N)cc(NCC(C)(C)c2cccs2)n1. The summed E-state index contributed by atoms with van der Waals surface area (Å²) in [6.45, 7) is 7.38. The number of thiophene rings is 1. The fraction of sp³-hybridized carbons (Fsp3) is 0.467. The molecule has 0 atom stereocenters. The van der Waals surface area contributed by atoms with Crippen LogP contribution in [0.25, 0.3) is 0 Å². The molecule has 0 unspecified atom stereocenters. The van der Waals surface area contributed by atoms with Crippen molar-refractivity contribution in [1.82, 2.24) is 9.97 Å². The van der Waals surface area contributed by atoms with Crippen LogP contribution < -0.4 is 11.1 Å². The topological polar surface area (TPSA) is 63.8 Å². The first-order chi connectivity index (χ1) is 9.51. The van der Waals surface area contributed by atoms with Crippen molar-refractivity contribution in [3.8, 4) is 0 Å². The van der Waals surface area contributed by atoms with Gasteiger partial charge in [0.15, 0.2) is 0 Å². The summed E-state index contributed by atoms with van der Waals surface area (Å²) in [6.07, 6.45) is 1.87. The molecule has 0 fully saturated rings. The quantitative estimate of drug-likeness (QED) is 0.855. The lowest BCUT2D eigenvalue weighted by molar-refractivity contribution is 0.568. The van der Waals surface area contributed by atoms with Gasteiger partial charge in [0, 0.05) is 29.3 Å². The van der Waals surface area contributed by atoms with E-state index in [9.17, 15) is 0 Å². The molecule has 0 aliphatic heterocycles. The molecule has 0 bridgehead atoms. The zero-order valence-electron chi connectivity index (χ0n) is 12.3. The first-order valence-corrected chi connectivity index (χ1v) is 7.80. The number of aromatic nitrogens is 2. The lowest BCUT2D eigenvalue weighted by atomic mass is 9.91. The molecule has 3 N–H and O–H groups in total. The lowest BCUT2D eigenvalue weighted by Crippen LogP contribution is -2.27. The first-order valence-electron chi connectivity index (χ1n) is 6.92. The molecule has 0 radical (unpaired) electrons. The molecule has 2 heterocycles. The lowest BCUT2D eigenvalue weighted by Gasteiger charge is -2.24. The molecular formula is C15H22N4S. The fourth-order valence-electron chi connectivity index (χ4n) is 2.01. The Morgan fingerprint density at radius 1 is 1.35 bits per heavy atom. The van der Waals surface area contributed by atoms with Crippen LogP contribution in [-0.4, -0.2) is 16.5 Å². The molecule has 0 spiro atoms. The summed E-state index contributed by atoms with van der Waals surface area (Å²) in [5.74, 6) is 2.15. The Kier molecular flexibility index (Phi) is 4.60. The van der Waals surface area contributed by atoms with Gasteiger partial charge in [0.2, 0.25) is 0 Å². The van der Waals surface area contributed by atoms with Crippen LogP contribution in [0, 0.1) is 0 Å². The fourth-order valence-corrected chi connectivity index (χ4v) is 2.86. The van der Waals surface area contributed by atoms with Gasteiger partial charge in [-0.25, -0.2) is 9.97 Å². The Balaban J connectivity index is 2.07. The molecule has 4 nitrogen and oxygen atoms in total. The number of nitrogens with one attached hydrogen (secondary N) is 1. The summed E-state index contributed by atoms with van der Waals surface area (Å²) in [5, 5.41) is 5.50. The summed E-state index contributed by atoms with van der Waals surface area (Å²) in [4.78, 5) is 10.1. The Morgan fingerprint density at radius 2 is 2.15 bits per heavy atom. The first kappa shape index (κ1) is 14.8. The van der Waals surface area contributed by atoms with E-state index < -0.39 is 0 Å². The second-order valence-electron chi connectivity index (χ2n) is 5.56. The molecule has 20 heavy (non-hydrogen) atoms. The summed E-state index contributed by atoms with van der Waals surface area (Å²) in [7, 11) is 0. The molecule has 0 aromatic carbocycles. The van der Waals surface area contributed by atoms with E-state index in [4.69, 9.17) is 5.73 Å². The third kappa shape index (κ3) is 3.70. The van der Waals surface area contributed by atoms with Crippen LogP contribution in [0.1, 0.15) is 37.9 Å². The number of aryl methyl sites for hydroxylation is 1. The van der Waals surface area contributed by atoms with Crippen LogP contribution in [0.2, 0.25) is 0 Å². The van der Waals surface area contributed by atoms with Crippen LogP contribution in [-0.2, 0) is 11.8 Å². The van der Waals surface area contributed by atoms with E-state index in [1.807, 2.05) is 0 Å². The minimum absolute atomic E-state index is 0.0683. The molecule has 0 aliphatic carbocycles. The number of nitrogen functional groups attached to an aromatic ring is 1. The van der Waals surface area contributed by atoms with Gasteiger partial charge in [-0.2, -0.15) is 0 Å². The zero-order chi connectivity index (χ0) is 14.6. The van der Waals surface area contributed by atoms with Crippen molar-refractivity contribution >= 4 is 23.0 Å². The molecule has 2 rings (SSSR count). The number of anilines is 2. The van der Waals surface area contributed by atoms with Gasteiger partial charge in [0.25, 0.3) is 0 Å². The normalized spacial score (nSPS) is 11.6. The largest absolute Gasteiger partial charge is 0.384 e. The number of rotatable bonds is 6. The molecule has 2 aromatic rings. The number of nitrogens with zero attached hydrogens (tertiary/aromatic N) is 2. The van der Waals surface area contributed by atoms with E-state index in [1.165, 1.54) is 4.88 Å². The smallest absolute Gasteiger partial charge is 0.133 e. The van der Waals surface area contributed by atoms with E-state index >= 15 is 0 Å². The van der Waals surface area contributed by atoms with Crippen molar-refractivity contribution in [3.05, 3.63) is 34.3 Å². The zero-order valence-corrected chi connectivity index (χ0v) is 13.1. The maximum absolute atomic E-state index is 5.83. The second-order valence-corrected chi connectivity index (χ2v) is 6.51. The third-order valence-electron chi connectivity index (χ3n) is 3.17. The highest BCUT2D eigenvalue weighted by molar-refractivity contribution is 7.10. The molecule has 108 valence electrons. The molecule has 5 heteroatoms. The Morgan fingerprint density at radius 3 is 2.80 bits per heavy atom. The molecule has 0 aliphatic rings. The van der Waals surface area contributed by atoms with E-state index in [1.54, 1.807) is 17.4 Å². The Labute approximate surface area is 124 Å². The van der Waals surface area contributed by atoms with E-state index in [0.29, 0.717) is 5.82 Å². The Hall–Kier alpha value is -1.62. The molecular weight excluding hydrogens is 268 g/mol. The van der Waals surface area contributed by atoms with Gasteiger partial charge in [-0.1, -0.05) is 26.8 Å². The minimum Gasteiger partial charge on any atom is -0.384 e. The summed E-state index contributed by atoms with van der Waals surface area (Å²) < 4.78 is 0. The van der Waals surface area contributed by atoms with Crippen LogP contribution >= 0.6 is 11.3 Å². The monoisotopic (exact) mass is 290 g/mol. The van der Waals surface area contributed by atoms with Crippen LogP contribution in [0.5, 0.6) is 0 Å². The van der Waals surface area contributed by atoms with Gasteiger partial charge < -0.3 is 11.1 Å². The highest BCUT2D eigenvalue weighted by atomic mass is 32.1. The minimum atomic E-state index is 0.0683. The van der Waals surface area contributed by atoms with Crippen LogP contribution in [0.4, 0.5) is 11.6 Å². The second kappa shape index (κ2) is 6.22. The van der Waals surface area contributed by atoms with Crippen LogP contribution in [0.3, 0.4) is 0 Å². The third-order valence-corrected chi connectivity index (χ3v) is 4.40. The van der Waals surface area contributed by atoms with Gasteiger partial charge in [-0.05, 0) is 17.9 Å². The van der Waals surface area contributed by atoms with Crippen molar-refractivity contribution in [3.63, 3.8) is 0 Å². The van der Waals surface area contributed by atoms with Crippen molar-refractivity contribution in [2.75, 3.05) is 17.6 Å².